The first-order valence-corrected chi connectivity index (χ1v) is 10.3. The highest BCUT2D eigenvalue weighted by molar-refractivity contribution is 6.31. The minimum absolute atomic E-state index is 0.0200. The normalized spacial score (nSPS) is 10.5. The number of methoxy groups -OCH3 is 1. The van der Waals surface area contributed by atoms with Crippen LogP contribution in [0.2, 0.25) is 5.02 Å². The molecule has 0 amide bonds. The van der Waals surface area contributed by atoms with E-state index in [4.69, 9.17) is 16.3 Å². The average Bonchev–Trinajstić information content (AvgIpc) is 2.84. The molecule has 0 radical (unpaired) electrons. The van der Waals surface area contributed by atoms with Crippen LogP contribution < -0.4 is 10.6 Å². The second-order valence-corrected chi connectivity index (χ2v) is 7.60. The molecule has 0 spiro atoms. The van der Waals surface area contributed by atoms with Crippen LogP contribution in [0.1, 0.15) is 21.5 Å². The Labute approximate surface area is 194 Å². The first kappa shape index (κ1) is 22.1. The molecule has 0 saturated heterocycles. The van der Waals surface area contributed by atoms with Gasteiger partial charge in [-0.15, -0.1) is 0 Å². The van der Waals surface area contributed by atoms with E-state index < -0.39 is 11.8 Å². The molecule has 0 aliphatic rings. The van der Waals surface area contributed by atoms with Crippen LogP contribution in [0.25, 0.3) is 10.9 Å². The predicted molar refractivity (Wildman–Crippen MR) is 126 cm³/mol. The van der Waals surface area contributed by atoms with Gasteiger partial charge in [0.15, 0.2) is 0 Å². The Balaban J connectivity index is 1.65. The van der Waals surface area contributed by atoms with E-state index >= 15 is 0 Å². The quantitative estimate of drug-likeness (QED) is 0.341. The van der Waals surface area contributed by atoms with Crippen LogP contribution in [-0.2, 0) is 11.3 Å². The van der Waals surface area contributed by atoms with Gasteiger partial charge >= 0.3 is 5.97 Å². The van der Waals surface area contributed by atoms with Gasteiger partial charge in [0, 0.05) is 29.5 Å². The van der Waals surface area contributed by atoms with E-state index in [2.05, 4.69) is 21.7 Å². The Hall–Kier alpha value is -4.15. The number of ether oxygens (including phenoxy) is 1. The average molecular weight is 461 g/mol. The first-order chi connectivity index (χ1) is 16.0. The van der Waals surface area contributed by atoms with Gasteiger partial charge in [-0.3, -0.25) is 4.98 Å². The molecule has 33 heavy (non-hydrogen) atoms. The van der Waals surface area contributed by atoms with Gasteiger partial charge in [-0.05, 0) is 54.1 Å². The predicted octanol–water partition coefficient (Wildman–Crippen LogP) is 6.04. The van der Waals surface area contributed by atoms with Crippen LogP contribution in [-0.4, -0.2) is 18.1 Å². The molecule has 4 aromatic rings. The molecule has 0 aliphatic heterocycles. The summed E-state index contributed by atoms with van der Waals surface area (Å²) in [5, 5.41) is 16.8. The molecule has 0 unspecified atom stereocenters. The number of fused-ring (bicyclic) bond motifs is 1. The van der Waals surface area contributed by atoms with Gasteiger partial charge in [0.1, 0.15) is 11.9 Å². The lowest BCUT2D eigenvalue weighted by molar-refractivity contribution is 0.0600. The third-order valence-electron chi connectivity index (χ3n) is 5.02. The Morgan fingerprint density at radius 3 is 2.73 bits per heavy atom. The van der Waals surface area contributed by atoms with Gasteiger partial charge in [-0.2, -0.15) is 5.26 Å². The molecule has 4 rings (SSSR count). The topological polar surface area (TPSA) is 87.0 Å². The number of hydrogen-bond acceptors (Lipinski definition) is 6. The number of pyridine rings is 1. The van der Waals surface area contributed by atoms with Gasteiger partial charge < -0.3 is 15.4 Å². The summed E-state index contributed by atoms with van der Waals surface area (Å²) in [6.45, 7) is 0.470. The summed E-state index contributed by atoms with van der Waals surface area (Å²) in [6, 6.07) is 19.2. The maximum absolute atomic E-state index is 13.5. The number of aromatic nitrogens is 1. The van der Waals surface area contributed by atoms with E-state index in [1.54, 1.807) is 24.3 Å². The summed E-state index contributed by atoms with van der Waals surface area (Å²) >= 11 is 5.91. The molecular formula is C25H18ClFN4O2. The number of carbonyl (C=O) groups excluding carboxylic acids is 1. The molecule has 0 saturated carbocycles. The maximum atomic E-state index is 13.5. The number of rotatable bonds is 6. The van der Waals surface area contributed by atoms with E-state index in [9.17, 15) is 14.4 Å². The highest BCUT2D eigenvalue weighted by atomic mass is 35.5. The van der Waals surface area contributed by atoms with E-state index in [0.717, 1.165) is 11.3 Å². The van der Waals surface area contributed by atoms with E-state index in [0.29, 0.717) is 39.9 Å². The van der Waals surface area contributed by atoms with Crippen molar-refractivity contribution in [1.29, 1.82) is 5.26 Å². The zero-order valence-corrected chi connectivity index (χ0v) is 18.3. The van der Waals surface area contributed by atoms with Gasteiger partial charge in [-0.1, -0.05) is 23.7 Å². The summed E-state index contributed by atoms with van der Waals surface area (Å²) in [5.41, 5.74) is 4.28. The smallest absolute Gasteiger partial charge is 0.337 e. The molecule has 164 valence electrons. The summed E-state index contributed by atoms with van der Waals surface area (Å²) in [4.78, 5) is 16.1. The van der Waals surface area contributed by atoms with Crippen molar-refractivity contribution in [2.24, 2.45) is 0 Å². The Morgan fingerprint density at radius 2 is 1.97 bits per heavy atom. The van der Waals surface area contributed by atoms with Crippen molar-refractivity contribution < 1.29 is 13.9 Å². The molecule has 0 fully saturated rings. The van der Waals surface area contributed by atoms with Crippen LogP contribution >= 0.6 is 11.6 Å². The number of carbonyl (C=O) groups is 1. The van der Waals surface area contributed by atoms with Gasteiger partial charge in [0.05, 0.1) is 34.5 Å². The third kappa shape index (κ3) is 4.86. The van der Waals surface area contributed by atoms with Crippen molar-refractivity contribution in [3.05, 3.63) is 94.4 Å². The Kier molecular flexibility index (Phi) is 6.38. The van der Waals surface area contributed by atoms with Gasteiger partial charge in [0.25, 0.3) is 0 Å². The van der Waals surface area contributed by atoms with E-state index in [1.807, 2.05) is 24.3 Å². The van der Waals surface area contributed by atoms with Crippen LogP contribution in [0.4, 0.5) is 21.5 Å². The Morgan fingerprint density at radius 1 is 1.15 bits per heavy atom. The van der Waals surface area contributed by atoms with Crippen LogP contribution in [0.5, 0.6) is 0 Å². The van der Waals surface area contributed by atoms with Crippen molar-refractivity contribution in [2.45, 2.75) is 6.54 Å². The highest BCUT2D eigenvalue weighted by Gasteiger charge is 2.12. The molecule has 0 aliphatic carbocycles. The molecule has 0 bridgehead atoms. The number of esters is 1. The zero-order valence-electron chi connectivity index (χ0n) is 17.5. The lowest BCUT2D eigenvalue weighted by Gasteiger charge is -2.14. The molecule has 1 heterocycles. The highest BCUT2D eigenvalue weighted by Crippen LogP contribution is 2.32. The second kappa shape index (κ2) is 9.55. The number of anilines is 3. The molecule has 3 aromatic carbocycles. The summed E-state index contributed by atoms with van der Waals surface area (Å²) in [5.74, 6) is -0.917. The molecular weight excluding hydrogens is 443 g/mol. The van der Waals surface area contributed by atoms with Crippen molar-refractivity contribution >= 4 is 45.5 Å². The minimum Gasteiger partial charge on any atom is -0.465 e. The molecule has 8 heteroatoms. The van der Waals surface area contributed by atoms with Crippen LogP contribution in [0, 0.1) is 17.1 Å². The Bertz CT molecular complexity index is 1400. The maximum Gasteiger partial charge on any atom is 0.337 e. The van der Waals surface area contributed by atoms with Crippen LogP contribution in [0.15, 0.2) is 66.9 Å². The summed E-state index contributed by atoms with van der Waals surface area (Å²) < 4.78 is 18.3. The largest absolute Gasteiger partial charge is 0.465 e. The van der Waals surface area contributed by atoms with Crippen LogP contribution in [0.3, 0.4) is 0 Å². The number of nitrogens with one attached hydrogen (secondary N) is 2. The fraction of sp³-hybridized carbons (Fsp3) is 0.0800. The van der Waals surface area contributed by atoms with Gasteiger partial charge in [-0.25, -0.2) is 9.18 Å². The number of benzene rings is 3. The molecule has 0 atom stereocenters. The SMILES string of the molecule is COC(=O)c1cccc(CNc2ccc3ncc(C#N)c(Nc4ccc(F)c(Cl)c4)c3c2)c1. The van der Waals surface area contributed by atoms with Crippen molar-refractivity contribution in [1.82, 2.24) is 4.98 Å². The fourth-order valence-electron chi connectivity index (χ4n) is 3.37. The number of halogens is 2. The second-order valence-electron chi connectivity index (χ2n) is 7.19. The first-order valence-electron chi connectivity index (χ1n) is 9.94. The molecule has 1 aromatic heterocycles. The third-order valence-corrected chi connectivity index (χ3v) is 5.31. The van der Waals surface area contributed by atoms with Crippen molar-refractivity contribution in [3.63, 3.8) is 0 Å². The van der Waals surface area contributed by atoms with Crippen molar-refractivity contribution in [3.8, 4) is 6.07 Å². The molecule has 6 nitrogen and oxygen atoms in total. The number of nitriles is 1. The van der Waals surface area contributed by atoms with Gasteiger partial charge in [0.2, 0.25) is 0 Å². The summed E-state index contributed by atoms with van der Waals surface area (Å²) in [6.07, 6.45) is 1.49. The number of nitrogens with zero attached hydrogens (tertiary/aromatic N) is 2. The molecule has 2 N–H and O–H groups in total. The minimum atomic E-state index is -0.523. The lowest BCUT2D eigenvalue weighted by Crippen LogP contribution is -2.04. The van der Waals surface area contributed by atoms with E-state index in [1.165, 1.54) is 25.4 Å². The standard InChI is InChI=1S/C25H18ClFN4O2/c1-33-25(32)16-4-2-3-15(9-16)13-29-18-6-8-23-20(10-18)24(17(12-28)14-30-23)31-19-5-7-22(27)21(26)11-19/h2-11,14,29H,13H2,1H3,(H,30,31). The number of hydrogen-bond donors (Lipinski definition) is 2. The lowest BCUT2D eigenvalue weighted by atomic mass is 10.1. The zero-order chi connectivity index (χ0) is 23.4. The summed E-state index contributed by atoms with van der Waals surface area (Å²) in [7, 11) is 1.34. The monoisotopic (exact) mass is 460 g/mol. The van der Waals surface area contributed by atoms with Crippen molar-refractivity contribution in [2.75, 3.05) is 17.7 Å². The fourth-order valence-corrected chi connectivity index (χ4v) is 3.55. The van der Waals surface area contributed by atoms with E-state index in [-0.39, 0.29) is 5.02 Å².